The highest BCUT2D eigenvalue weighted by Gasteiger charge is 2.22. The van der Waals surface area contributed by atoms with E-state index >= 15 is 0 Å². The molecule has 0 radical (unpaired) electrons. The Bertz CT molecular complexity index is 518. The Hall–Kier alpha value is -1.82. The SMILES string of the molecule is CCNC(=NCc1ccnc(OCC2CC2)c1)NCCCCOCC. The quantitative estimate of drug-likeness (QED) is 0.345. The summed E-state index contributed by atoms with van der Waals surface area (Å²) in [5.74, 6) is 2.28. The molecule has 1 heterocycles. The molecule has 0 aromatic carbocycles. The smallest absolute Gasteiger partial charge is 0.213 e. The van der Waals surface area contributed by atoms with Gasteiger partial charge in [0.1, 0.15) is 0 Å². The minimum atomic E-state index is 0.608. The first kappa shape index (κ1) is 19.5. The third-order valence-electron chi connectivity index (χ3n) is 3.94. The number of aliphatic imine (C=N–C) groups is 1. The molecular formula is C19H32N4O2. The van der Waals surface area contributed by atoms with Gasteiger partial charge in [-0.1, -0.05) is 0 Å². The van der Waals surface area contributed by atoms with Crippen molar-refractivity contribution in [3.05, 3.63) is 23.9 Å². The first-order valence-electron chi connectivity index (χ1n) is 9.49. The Kier molecular flexibility index (Phi) is 9.12. The molecule has 0 spiro atoms. The van der Waals surface area contributed by atoms with Gasteiger partial charge < -0.3 is 20.1 Å². The first-order chi connectivity index (χ1) is 12.3. The van der Waals surface area contributed by atoms with E-state index in [1.807, 2.05) is 19.1 Å². The Labute approximate surface area is 151 Å². The van der Waals surface area contributed by atoms with E-state index in [2.05, 4.69) is 27.5 Å². The maximum absolute atomic E-state index is 5.73. The lowest BCUT2D eigenvalue weighted by Gasteiger charge is -2.11. The number of hydrogen-bond acceptors (Lipinski definition) is 4. The van der Waals surface area contributed by atoms with Gasteiger partial charge in [-0.15, -0.1) is 0 Å². The van der Waals surface area contributed by atoms with E-state index in [0.29, 0.717) is 12.4 Å². The van der Waals surface area contributed by atoms with Crippen molar-refractivity contribution in [2.45, 2.75) is 46.1 Å². The fourth-order valence-corrected chi connectivity index (χ4v) is 2.31. The van der Waals surface area contributed by atoms with Gasteiger partial charge in [-0.3, -0.25) is 0 Å². The molecule has 2 N–H and O–H groups in total. The second kappa shape index (κ2) is 11.7. The monoisotopic (exact) mass is 348 g/mol. The number of nitrogens with one attached hydrogen (secondary N) is 2. The zero-order valence-electron chi connectivity index (χ0n) is 15.6. The average molecular weight is 348 g/mol. The van der Waals surface area contributed by atoms with Crippen LogP contribution in [0.15, 0.2) is 23.3 Å². The number of rotatable bonds is 12. The molecule has 1 fully saturated rings. The molecule has 1 aromatic rings. The van der Waals surface area contributed by atoms with E-state index < -0.39 is 0 Å². The van der Waals surface area contributed by atoms with Crippen molar-refractivity contribution in [1.29, 1.82) is 0 Å². The minimum Gasteiger partial charge on any atom is -0.477 e. The molecule has 140 valence electrons. The molecule has 0 amide bonds. The highest BCUT2D eigenvalue weighted by molar-refractivity contribution is 5.79. The van der Waals surface area contributed by atoms with Crippen molar-refractivity contribution >= 4 is 5.96 Å². The normalized spacial score (nSPS) is 14.4. The minimum absolute atomic E-state index is 0.608. The summed E-state index contributed by atoms with van der Waals surface area (Å²) in [6, 6.07) is 3.97. The van der Waals surface area contributed by atoms with Gasteiger partial charge in [0.15, 0.2) is 5.96 Å². The van der Waals surface area contributed by atoms with Crippen LogP contribution in [0.5, 0.6) is 5.88 Å². The van der Waals surface area contributed by atoms with Crippen LogP contribution in [-0.4, -0.2) is 43.9 Å². The third kappa shape index (κ3) is 8.72. The fourth-order valence-electron chi connectivity index (χ4n) is 2.31. The lowest BCUT2D eigenvalue weighted by atomic mass is 10.3. The molecule has 2 rings (SSSR count). The highest BCUT2D eigenvalue weighted by Crippen LogP contribution is 2.29. The Morgan fingerprint density at radius 3 is 2.92 bits per heavy atom. The highest BCUT2D eigenvalue weighted by atomic mass is 16.5. The van der Waals surface area contributed by atoms with Gasteiger partial charge in [0.25, 0.3) is 0 Å². The van der Waals surface area contributed by atoms with Crippen LogP contribution < -0.4 is 15.4 Å². The maximum Gasteiger partial charge on any atom is 0.213 e. The van der Waals surface area contributed by atoms with Gasteiger partial charge >= 0.3 is 0 Å². The second-order valence-corrected chi connectivity index (χ2v) is 6.28. The molecule has 0 unspecified atom stereocenters. The summed E-state index contributed by atoms with van der Waals surface area (Å²) in [5.41, 5.74) is 1.11. The van der Waals surface area contributed by atoms with Crippen LogP contribution in [-0.2, 0) is 11.3 Å². The summed E-state index contributed by atoms with van der Waals surface area (Å²) in [6.45, 7) is 8.84. The van der Waals surface area contributed by atoms with Crippen LogP contribution in [0.3, 0.4) is 0 Å². The standard InChI is InChI=1S/C19H32N4O2/c1-3-20-19(22-10-5-6-12-24-4-2)23-14-17-9-11-21-18(13-17)25-15-16-7-8-16/h9,11,13,16H,3-8,10,12,14-15H2,1-2H3,(H2,20,22,23). The van der Waals surface area contributed by atoms with Crippen LogP contribution >= 0.6 is 0 Å². The molecule has 0 bridgehead atoms. The fraction of sp³-hybridized carbons (Fsp3) is 0.684. The number of hydrogen-bond donors (Lipinski definition) is 2. The van der Waals surface area contributed by atoms with Gasteiger partial charge in [-0.05, 0) is 57.1 Å². The van der Waals surface area contributed by atoms with Crippen LogP contribution in [0.25, 0.3) is 0 Å². The molecule has 1 aliphatic carbocycles. The van der Waals surface area contributed by atoms with Crippen molar-refractivity contribution in [3.8, 4) is 5.88 Å². The van der Waals surface area contributed by atoms with Gasteiger partial charge in [-0.2, -0.15) is 0 Å². The van der Waals surface area contributed by atoms with Gasteiger partial charge in [0.05, 0.1) is 13.2 Å². The zero-order valence-corrected chi connectivity index (χ0v) is 15.6. The van der Waals surface area contributed by atoms with E-state index in [0.717, 1.165) is 63.2 Å². The lowest BCUT2D eigenvalue weighted by Crippen LogP contribution is -2.37. The number of pyridine rings is 1. The summed E-state index contributed by atoms with van der Waals surface area (Å²) in [5, 5.41) is 6.65. The van der Waals surface area contributed by atoms with Crippen molar-refractivity contribution in [2.75, 3.05) is 32.9 Å². The molecule has 25 heavy (non-hydrogen) atoms. The summed E-state index contributed by atoms with van der Waals surface area (Å²) >= 11 is 0. The Morgan fingerprint density at radius 2 is 2.16 bits per heavy atom. The van der Waals surface area contributed by atoms with E-state index in [-0.39, 0.29) is 0 Å². The van der Waals surface area contributed by atoms with Crippen molar-refractivity contribution < 1.29 is 9.47 Å². The van der Waals surface area contributed by atoms with Crippen molar-refractivity contribution in [2.24, 2.45) is 10.9 Å². The van der Waals surface area contributed by atoms with E-state index in [1.165, 1.54) is 12.8 Å². The summed E-state index contributed by atoms with van der Waals surface area (Å²) in [6.07, 6.45) is 6.49. The molecule has 1 aromatic heterocycles. The number of nitrogens with zero attached hydrogens (tertiary/aromatic N) is 2. The largest absolute Gasteiger partial charge is 0.477 e. The van der Waals surface area contributed by atoms with E-state index in [4.69, 9.17) is 9.47 Å². The third-order valence-corrected chi connectivity index (χ3v) is 3.94. The van der Waals surface area contributed by atoms with Gasteiger partial charge in [0, 0.05) is 38.6 Å². The number of aromatic nitrogens is 1. The number of guanidine groups is 1. The van der Waals surface area contributed by atoms with E-state index in [1.54, 1.807) is 6.20 Å². The lowest BCUT2D eigenvalue weighted by molar-refractivity contribution is 0.143. The summed E-state index contributed by atoms with van der Waals surface area (Å²) in [7, 11) is 0. The molecule has 1 aliphatic rings. The van der Waals surface area contributed by atoms with Gasteiger partial charge in [0.2, 0.25) is 5.88 Å². The molecule has 0 aliphatic heterocycles. The average Bonchev–Trinajstić information content (AvgIpc) is 3.45. The molecule has 1 saturated carbocycles. The number of unbranched alkanes of at least 4 members (excludes halogenated alkanes) is 1. The molecule has 0 atom stereocenters. The van der Waals surface area contributed by atoms with E-state index in [9.17, 15) is 0 Å². The molecule has 6 nitrogen and oxygen atoms in total. The first-order valence-corrected chi connectivity index (χ1v) is 9.49. The topological polar surface area (TPSA) is 67.8 Å². The zero-order chi connectivity index (χ0) is 17.7. The number of ether oxygens (including phenoxy) is 2. The maximum atomic E-state index is 5.73. The van der Waals surface area contributed by atoms with Gasteiger partial charge in [-0.25, -0.2) is 9.98 Å². The predicted octanol–water partition coefficient (Wildman–Crippen LogP) is 2.74. The molecule has 6 heteroatoms. The van der Waals surface area contributed by atoms with Crippen molar-refractivity contribution in [1.82, 2.24) is 15.6 Å². The van der Waals surface area contributed by atoms with Crippen LogP contribution in [0.4, 0.5) is 0 Å². The predicted molar refractivity (Wildman–Crippen MR) is 101 cm³/mol. The molecule has 0 saturated heterocycles. The van der Waals surface area contributed by atoms with Crippen molar-refractivity contribution in [3.63, 3.8) is 0 Å². The van der Waals surface area contributed by atoms with Crippen LogP contribution in [0, 0.1) is 5.92 Å². The summed E-state index contributed by atoms with van der Waals surface area (Å²) in [4.78, 5) is 8.92. The second-order valence-electron chi connectivity index (χ2n) is 6.28. The Balaban J connectivity index is 1.75. The Morgan fingerprint density at radius 1 is 1.28 bits per heavy atom. The molecular weight excluding hydrogens is 316 g/mol. The summed E-state index contributed by atoms with van der Waals surface area (Å²) < 4.78 is 11.1. The van der Waals surface area contributed by atoms with Crippen LogP contribution in [0.1, 0.15) is 45.1 Å². The van der Waals surface area contributed by atoms with Crippen LogP contribution in [0.2, 0.25) is 0 Å².